The van der Waals surface area contributed by atoms with Gasteiger partial charge in [-0.1, -0.05) is 19.8 Å². The van der Waals surface area contributed by atoms with Gasteiger partial charge in [0.05, 0.1) is 6.42 Å². The van der Waals surface area contributed by atoms with E-state index in [1.54, 1.807) is 6.07 Å². The lowest BCUT2D eigenvalue weighted by Gasteiger charge is -2.05. The summed E-state index contributed by atoms with van der Waals surface area (Å²) in [5, 5.41) is 3.71. The van der Waals surface area contributed by atoms with E-state index >= 15 is 0 Å². The van der Waals surface area contributed by atoms with Gasteiger partial charge < -0.3 is 10.3 Å². The number of hydrogen-bond acceptors (Lipinski definition) is 1. The van der Waals surface area contributed by atoms with Gasteiger partial charge >= 0.3 is 0 Å². The minimum absolute atomic E-state index is 0.00522. The van der Waals surface area contributed by atoms with E-state index < -0.39 is 0 Å². The Balaban J connectivity index is 2.07. The number of hydrogen-bond donors (Lipinski definition) is 2. The normalized spacial score (nSPS) is 10.9. The van der Waals surface area contributed by atoms with Gasteiger partial charge in [-0.15, -0.1) is 0 Å². The van der Waals surface area contributed by atoms with E-state index in [1.807, 2.05) is 6.92 Å². The molecule has 2 rings (SSSR count). The van der Waals surface area contributed by atoms with E-state index in [1.165, 1.54) is 12.1 Å². The molecule has 0 unspecified atom stereocenters. The molecule has 1 heterocycles. The van der Waals surface area contributed by atoms with E-state index in [0.29, 0.717) is 13.0 Å². The molecule has 0 bridgehead atoms. The molecule has 0 aliphatic rings. The lowest BCUT2D eigenvalue weighted by atomic mass is 10.1. The van der Waals surface area contributed by atoms with Gasteiger partial charge in [-0.05, 0) is 37.1 Å². The minimum Gasteiger partial charge on any atom is -0.358 e. The second-order valence-corrected chi connectivity index (χ2v) is 5.15. The van der Waals surface area contributed by atoms with Gasteiger partial charge in [-0.2, -0.15) is 0 Å². The molecule has 0 spiro atoms. The summed E-state index contributed by atoms with van der Waals surface area (Å²) in [5.74, 6) is -0.282. The van der Waals surface area contributed by atoms with Crippen molar-refractivity contribution in [2.75, 3.05) is 6.54 Å². The monoisotopic (exact) mass is 276 g/mol. The number of benzene rings is 1. The van der Waals surface area contributed by atoms with Gasteiger partial charge in [0.1, 0.15) is 5.82 Å². The Labute approximate surface area is 118 Å². The van der Waals surface area contributed by atoms with Crippen LogP contribution in [0.4, 0.5) is 4.39 Å². The van der Waals surface area contributed by atoms with Gasteiger partial charge in [-0.25, -0.2) is 4.39 Å². The Morgan fingerprint density at radius 1 is 1.35 bits per heavy atom. The molecule has 0 radical (unpaired) electrons. The fourth-order valence-electron chi connectivity index (χ4n) is 2.41. The molecule has 2 aromatic rings. The lowest BCUT2D eigenvalue weighted by molar-refractivity contribution is -0.120. The zero-order valence-corrected chi connectivity index (χ0v) is 12.1. The maximum atomic E-state index is 13.3. The number of aryl methyl sites for hydroxylation is 1. The van der Waals surface area contributed by atoms with Crippen LogP contribution in [0.3, 0.4) is 0 Å². The van der Waals surface area contributed by atoms with Crippen LogP contribution in [0.1, 0.15) is 37.4 Å². The fourth-order valence-corrected chi connectivity index (χ4v) is 2.41. The number of aromatic nitrogens is 1. The van der Waals surface area contributed by atoms with Gasteiger partial charge in [0.25, 0.3) is 0 Å². The standard InChI is InChI=1S/C16H21FN2O/c1-3-4-5-8-18-16(20)10-13-11(2)19-15-7-6-12(17)9-14(13)15/h6-7,9,19H,3-5,8,10H2,1-2H3,(H,18,20). The number of amides is 1. The van der Waals surface area contributed by atoms with Crippen LogP contribution >= 0.6 is 0 Å². The molecule has 1 aromatic carbocycles. The van der Waals surface area contributed by atoms with Crippen molar-refractivity contribution in [2.24, 2.45) is 0 Å². The maximum Gasteiger partial charge on any atom is 0.224 e. The van der Waals surface area contributed by atoms with E-state index in [-0.39, 0.29) is 11.7 Å². The van der Waals surface area contributed by atoms with E-state index in [0.717, 1.165) is 41.4 Å². The molecule has 0 saturated carbocycles. The Kier molecular flexibility index (Phi) is 4.77. The van der Waals surface area contributed by atoms with Crippen molar-refractivity contribution in [3.8, 4) is 0 Å². The van der Waals surface area contributed by atoms with Crippen molar-refractivity contribution in [1.82, 2.24) is 10.3 Å². The largest absolute Gasteiger partial charge is 0.358 e. The molecular weight excluding hydrogens is 255 g/mol. The Morgan fingerprint density at radius 3 is 2.90 bits per heavy atom. The van der Waals surface area contributed by atoms with Crippen molar-refractivity contribution in [2.45, 2.75) is 39.5 Å². The summed E-state index contributed by atoms with van der Waals surface area (Å²) in [6.07, 6.45) is 3.56. The van der Waals surface area contributed by atoms with E-state index in [9.17, 15) is 9.18 Å². The second kappa shape index (κ2) is 6.55. The van der Waals surface area contributed by atoms with Crippen molar-refractivity contribution >= 4 is 16.8 Å². The number of carbonyl (C=O) groups is 1. The van der Waals surface area contributed by atoms with Crippen molar-refractivity contribution in [3.05, 3.63) is 35.3 Å². The first-order valence-corrected chi connectivity index (χ1v) is 7.15. The predicted molar refractivity (Wildman–Crippen MR) is 79.2 cm³/mol. The molecule has 0 aliphatic carbocycles. The van der Waals surface area contributed by atoms with Gasteiger partial charge in [0.15, 0.2) is 0 Å². The fraction of sp³-hybridized carbons (Fsp3) is 0.438. The third kappa shape index (κ3) is 3.38. The number of unbranched alkanes of at least 4 members (excludes halogenated alkanes) is 2. The topological polar surface area (TPSA) is 44.9 Å². The minimum atomic E-state index is -0.277. The molecule has 0 fully saturated rings. The van der Waals surface area contributed by atoms with Crippen LogP contribution in [0.25, 0.3) is 10.9 Å². The van der Waals surface area contributed by atoms with Crippen molar-refractivity contribution in [1.29, 1.82) is 0 Å². The molecule has 1 amide bonds. The quantitative estimate of drug-likeness (QED) is 0.780. The summed E-state index contributed by atoms with van der Waals surface area (Å²) >= 11 is 0. The van der Waals surface area contributed by atoms with Crippen LogP contribution in [0, 0.1) is 12.7 Å². The smallest absolute Gasteiger partial charge is 0.224 e. The Hall–Kier alpha value is -1.84. The molecule has 0 atom stereocenters. The summed E-state index contributed by atoms with van der Waals surface area (Å²) in [7, 11) is 0. The molecule has 0 saturated heterocycles. The zero-order chi connectivity index (χ0) is 14.5. The number of carbonyl (C=O) groups excluding carboxylic acids is 1. The highest BCUT2D eigenvalue weighted by Crippen LogP contribution is 2.23. The molecule has 4 heteroatoms. The molecule has 2 N–H and O–H groups in total. The van der Waals surface area contributed by atoms with Gasteiger partial charge in [-0.3, -0.25) is 4.79 Å². The Bertz CT molecular complexity index is 604. The second-order valence-electron chi connectivity index (χ2n) is 5.15. The summed E-state index contributed by atoms with van der Waals surface area (Å²) in [5.41, 5.74) is 2.68. The number of halogens is 1. The van der Waals surface area contributed by atoms with Crippen LogP contribution < -0.4 is 5.32 Å². The van der Waals surface area contributed by atoms with Gasteiger partial charge in [0, 0.05) is 23.1 Å². The lowest BCUT2D eigenvalue weighted by Crippen LogP contribution is -2.26. The maximum absolute atomic E-state index is 13.3. The van der Waals surface area contributed by atoms with E-state index in [2.05, 4.69) is 17.2 Å². The van der Waals surface area contributed by atoms with Crippen molar-refractivity contribution < 1.29 is 9.18 Å². The third-order valence-corrected chi connectivity index (χ3v) is 3.52. The highest BCUT2D eigenvalue weighted by atomic mass is 19.1. The summed E-state index contributed by atoms with van der Waals surface area (Å²) in [6, 6.07) is 4.62. The summed E-state index contributed by atoms with van der Waals surface area (Å²) in [6.45, 7) is 4.76. The SMILES string of the molecule is CCCCCNC(=O)Cc1c(C)[nH]c2ccc(F)cc12. The number of H-pyrrole nitrogens is 1. The molecule has 108 valence electrons. The summed E-state index contributed by atoms with van der Waals surface area (Å²) in [4.78, 5) is 15.1. The average molecular weight is 276 g/mol. The number of rotatable bonds is 6. The molecule has 1 aromatic heterocycles. The number of fused-ring (bicyclic) bond motifs is 1. The third-order valence-electron chi connectivity index (χ3n) is 3.52. The molecule has 3 nitrogen and oxygen atoms in total. The zero-order valence-electron chi connectivity index (χ0n) is 12.1. The van der Waals surface area contributed by atoms with Crippen LogP contribution in [0.15, 0.2) is 18.2 Å². The first-order valence-electron chi connectivity index (χ1n) is 7.15. The highest BCUT2D eigenvalue weighted by Gasteiger charge is 2.12. The molecule has 20 heavy (non-hydrogen) atoms. The highest BCUT2D eigenvalue weighted by molar-refractivity contribution is 5.90. The average Bonchev–Trinajstić information content (AvgIpc) is 2.71. The first-order chi connectivity index (χ1) is 9.61. The van der Waals surface area contributed by atoms with Crippen LogP contribution in [0.5, 0.6) is 0 Å². The van der Waals surface area contributed by atoms with E-state index in [4.69, 9.17) is 0 Å². The van der Waals surface area contributed by atoms with Crippen LogP contribution in [-0.2, 0) is 11.2 Å². The van der Waals surface area contributed by atoms with Gasteiger partial charge in [0.2, 0.25) is 5.91 Å². The molecule has 0 aliphatic heterocycles. The number of nitrogens with one attached hydrogen (secondary N) is 2. The molecular formula is C16H21FN2O. The Morgan fingerprint density at radius 2 is 2.15 bits per heavy atom. The predicted octanol–water partition coefficient (Wildman–Crippen LogP) is 3.46. The van der Waals surface area contributed by atoms with Crippen molar-refractivity contribution in [3.63, 3.8) is 0 Å². The summed E-state index contributed by atoms with van der Waals surface area (Å²) < 4.78 is 13.3. The van der Waals surface area contributed by atoms with Crippen LogP contribution in [-0.4, -0.2) is 17.4 Å². The van der Waals surface area contributed by atoms with Crippen LogP contribution in [0.2, 0.25) is 0 Å². The number of aromatic amines is 1. The first kappa shape index (κ1) is 14.6.